The second-order valence-electron chi connectivity index (χ2n) is 4.27. The van der Waals surface area contributed by atoms with Crippen LogP contribution in [-0.2, 0) is 11.5 Å². The number of aromatic nitrogens is 2. The van der Waals surface area contributed by atoms with Crippen molar-refractivity contribution < 1.29 is 13.6 Å². The van der Waals surface area contributed by atoms with Gasteiger partial charge in [0.15, 0.2) is 0 Å². The molecule has 2 aromatic rings. The minimum Gasteiger partial charge on any atom is -0.383 e. The summed E-state index contributed by atoms with van der Waals surface area (Å²) in [5.41, 5.74) is 11.2. The summed E-state index contributed by atoms with van der Waals surface area (Å²) >= 11 is 1.12. The Balaban J connectivity index is 1.95. The first-order valence-corrected chi connectivity index (χ1v) is 7.13. The minimum atomic E-state index is -0.941. The van der Waals surface area contributed by atoms with Crippen LogP contribution < -0.4 is 16.8 Å². The quantitative estimate of drug-likeness (QED) is 0.573. The van der Waals surface area contributed by atoms with Crippen LogP contribution in [0.25, 0.3) is 0 Å². The molecule has 0 atom stereocenters. The molecule has 0 aliphatic carbocycles. The summed E-state index contributed by atoms with van der Waals surface area (Å²) in [6.07, 6.45) is 0. The lowest BCUT2D eigenvalue weighted by Crippen LogP contribution is -2.14. The standard InChI is InChI=1S/C13H13F2N5OS/c14-5-7-3-8(1-2-9(7)15)18-11(21)6-22-12-4-10(16)19-13(17)20-12/h1-4H,5-6H2,(H,18,21)(H4,16,17,19,20). The number of hydrogen-bond donors (Lipinski definition) is 3. The van der Waals surface area contributed by atoms with Crippen molar-refractivity contribution in [1.82, 2.24) is 9.97 Å². The lowest BCUT2D eigenvalue weighted by atomic mass is 10.2. The van der Waals surface area contributed by atoms with E-state index in [1.165, 1.54) is 18.2 Å². The van der Waals surface area contributed by atoms with Crippen molar-refractivity contribution in [1.29, 1.82) is 0 Å². The molecule has 0 radical (unpaired) electrons. The molecule has 0 saturated carbocycles. The molecule has 0 saturated heterocycles. The Morgan fingerprint density at radius 2 is 2.05 bits per heavy atom. The Hall–Kier alpha value is -2.42. The number of nitrogen functional groups attached to an aromatic ring is 2. The van der Waals surface area contributed by atoms with Gasteiger partial charge in [-0.05, 0) is 18.2 Å². The molecule has 0 aliphatic heterocycles. The molecule has 6 nitrogen and oxygen atoms in total. The molecular weight excluding hydrogens is 312 g/mol. The van der Waals surface area contributed by atoms with Crippen molar-refractivity contribution in [3.8, 4) is 0 Å². The number of nitrogens with zero attached hydrogens (tertiary/aromatic N) is 2. The number of benzene rings is 1. The summed E-state index contributed by atoms with van der Waals surface area (Å²) in [6, 6.07) is 5.20. The van der Waals surface area contributed by atoms with Crippen molar-refractivity contribution in [2.75, 3.05) is 22.5 Å². The van der Waals surface area contributed by atoms with Gasteiger partial charge in [0.25, 0.3) is 0 Å². The monoisotopic (exact) mass is 325 g/mol. The number of anilines is 3. The minimum absolute atomic E-state index is 0.0223. The van der Waals surface area contributed by atoms with Gasteiger partial charge in [-0.2, -0.15) is 4.98 Å². The van der Waals surface area contributed by atoms with Crippen LogP contribution in [0.1, 0.15) is 5.56 Å². The number of alkyl halides is 1. The number of amides is 1. The number of thioether (sulfide) groups is 1. The third-order valence-electron chi connectivity index (χ3n) is 2.56. The number of nitrogens with two attached hydrogens (primary N) is 2. The molecule has 0 aliphatic rings. The highest BCUT2D eigenvalue weighted by Gasteiger charge is 2.08. The van der Waals surface area contributed by atoms with Gasteiger partial charge >= 0.3 is 0 Å². The summed E-state index contributed by atoms with van der Waals surface area (Å²) in [5, 5.41) is 3.01. The predicted molar refractivity (Wildman–Crippen MR) is 81.4 cm³/mol. The third kappa shape index (κ3) is 4.29. The van der Waals surface area contributed by atoms with E-state index in [9.17, 15) is 13.6 Å². The molecule has 0 unspecified atom stereocenters. The second kappa shape index (κ2) is 7.03. The molecule has 0 spiro atoms. The number of hydrogen-bond acceptors (Lipinski definition) is 6. The molecule has 1 aromatic heterocycles. The summed E-state index contributed by atoms with van der Waals surface area (Å²) in [5.74, 6) is -0.729. The van der Waals surface area contributed by atoms with Crippen LogP contribution >= 0.6 is 11.8 Å². The number of rotatable bonds is 5. The zero-order valence-corrected chi connectivity index (χ0v) is 12.2. The highest BCUT2D eigenvalue weighted by atomic mass is 32.2. The zero-order chi connectivity index (χ0) is 16.1. The molecule has 5 N–H and O–H groups in total. The maximum atomic E-state index is 13.2. The van der Waals surface area contributed by atoms with Gasteiger partial charge in [-0.25, -0.2) is 13.8 Å². The molecule has 2 rings (SSSR count). The van der Waals surface area contributed by atoms with E-state index >= 15 is 0 Å². The summed E-state index contributed by atoms with van der Waals surface area (Å²) < 4.78 is 25.7. The van der Waals surface area contributed by atoms with E-state index in [1.807, 2.05) is 0 Å². The van der Waals surface area contributed by atoms with Gasteiger partial charge in [-0.15, -0.1) is 0 Å². The average molecular weight is 325 g/mol. The van der Waals surface area contributed by atoms with Crippen LogP contribution in [0.5, 0.6) is 0 Å². The zero-order valence-electron chi connectivity index (χ0n) is 11.3. The first kappa shape index (κ1) is 16.0. The van der Waals surface area contributed by atoms with Gasteiger partial charge < -0.3 is 16.8 Å². The van der Waals surface area contributed by atoms with E-state index in [4.69, 9.17) is 11.5 Å². The van der Waals surface area contributed by atoms with Crippen LogP contribution in [0.15, 0.2) is 29.3 Å². The normalized spacial score (nSPS) is 10.5. The maximum absolute atomic E-state index is 13.2. The Morgan fingerprint density at radius 1 is 1.27 bits per heavy atom. The first-order valence-electron chi connectivity index (χ1n) is 6.15. The molecule has 0 fully saturated rings. The van der Waals surface area contributed by atoms with Crippen LogP contribution in [0, 0.1) is 5.82 Å². The van der Waals surface area contributed by atoms with Crippen molar-refractivity contribution in [3.63, 3.8) is 0 Å². The fourth-order valence-corrected chi connectivity index (χ4v) is 2.34. The van der Waals surface area contributed by atoms with E-state index in [2.05, 4.69) is 15.3 Å². The summed E-state index contributed by atoms with van der Waals surface area (Å²) in [6.45, 7) is -0.941. The molecule has 22 heavy (non-hydrogen) atoms. The largest absolute Gasteiger partial charge is 0.383 e. The number of halogens is 2. The Kier molecular flexibility index (Phi) is 5.10. The van der Waals surface area contributed by atoms with E-state index in [-0.39, 0.29) is 29.0 Å². The number of carbonyl (C=O) groups excluding carboxylic acids is 1. The average Bonchev–Trinajstić information content (AvgIpc) is 2.46. The lowest BCUT2D eigenvalue weighted by molar-refractivity contribution is -0.113. The van der Waals surface area contributed by atoms with Crippen molar-refractivity contribution in [2.24, 2.45) is 0 Å². The fourth-order valence-electron chi connectivity index (χ4n) is 1.63. The van der Waals surface area contributed by atoms with E-state index in [0.29, 0.717) is 10.7 Å². The summed E-state index contributed by atoms with van der Waals surface area (Å²) in [4.78, 5) is 19.5. The molecular formula is C13H13F2N5OS. The molecule has 9 heteroatoms. The van der Waals surface area contributed by atoms with E-state index in [1.54, 1.807) is 0 Å². The predicted octanol–water partition coefficient (Wildman–Crippen LogP) is 1.98. The number of nitrogens with one attached hydrogen (secondary N) is 1. The lowest BCUT2D eigenvalue weighted by Gasteiger charge is -2.07. The molecule has 1 aromatic carbocycles. The van der Waals surface area contributed by atoms with Gasteiger partial charge in [0.2, 0.25) is 11.9 Å². The molecule has 116 valence electrons. The Bertz CT molecular complexity index is 678. The SMILES string of the molecule is Nc1cc(SCC(=O)Nc2ccc(F)c(CF)c2)nc(N)n1. The Morgan fingerprint density at radius 3 is 2.73 bits per heavy atom. The fraction of sp³-hybridized carbons (Fsp3) is 0.154. The highest BCUT2D eigenvalue weighted by molar-refractivity contribution is 7.99. The first-order chi connectivity index (χ1) is 10.5. The van der Waals surface area contributed by atoms with Gasteiger partial charge in [0.05, 0.1) is 5.75 Å². The van der Waals surface area contributed by atoms with Crippen molar-refractivity contribution in [2.45, 2.75) is 11.7 Å². The van der Waals surface area contributed by atoms with Gasteiger partial charge in [-0.3, -0.25) is 4.79 Å². The van der Waals surface area contributed by atoms with Crippen molar-refractivity contribution >= 4 is 35.1 Å². The molecule has 0 bridgehead atoms. The second-order valence-corrected chi connectivity index (χ2v) is 5.26. The Labute approximate surface area is 129 Å². The van der Waals surface area contributed by atoms with Gasteiger partial charge in [0.1, 0.15) is 23.3 Å². The van der Waals surface area contributed by atoms with Crippen molar-refractivity contribution in [3.05, 3.63) is 35.6 Å². The van der Waals surface area contributed by atoms with E-state index < -0.39 is 12.5 Å². The van der Waals surface area contributed by atoms with Crippen LogP contribution in [0.2, 0.25) is 0 Å². The molecule has 1 heterocycles. The topological polar surface area (TPSA) is 107 Å². The van der Waals surface area contributed by atoms with Gasteiger partial charge in [-0.1, -0.05) is 11.8 Å². The van der Waals surface area contributed by atoms with Crippen LogP contribution in [0.4, 0.5) is 26.2 Å². The number of carbonyl (C=O) groups is 1. The van der Waals surface area contributed by atoms with Crippen LogP contribution in [0.3, 0.4) is 0 Å². The summed E-state index contributed by atoms with van der Waals surface area (Å²) in [7, 11) is 0. The van der Waals surface area contributed by atoms with Crippen LogP contribution in [-0.4, -0.2) is 21.6 Å². The smallest absolute Gasteiger partial charge is 0.234 e. The maximum Gasteiger partial charge on any atom is 0.234 e. The van der Waals surface area contributed by atoms with E-state index in [0.717, 1.165) is 17.8 Å². The third-order valence-corrected chi connectivity index (χ3v) is 3.48. The van der Waals surface area contributed by atoms with Gasteiger partial charge in [0, 0.05) is 17.3 Å². The molecule has 1 amide bonds. The highest BCUT2D eigenvalue weighted by Crippen LogP contribution is 2.19.